The number of hydrogen-bond donors (Lipinski definition) is 3. The first kappa shape index (κ1) is 17.4. The standard InChI is InChI=1S/C20H27N3O3/c1-25-15-5-7-16(8-6-15)26-12-19(13-2-3-13)23-20(24)17-9-4-14-10-21-11-18(17)22-14/h5-9,13-14,18-19,21-22H,2-4,10-12H2,1H3,(H,23,24). The molecular formula is C20H27N3O3. The van der Waals surface area contributed by atoms with E-state index < -0.39 is 0 Å². The van der Waals surface area contributed by atoms with Gasteiger partial charge in [0, 0.05) is 24.7 Å². The third kappa shape index (κ3) is 4.02. The minimum absolute atomic E-state index is 0.0416. The maximum absolute atomic E-state index is 12.8. The Labute approximate surface area is 154 Å². The largest absolute Gasteiger partial charge is 0.497 e. The molecule has 2 fully saturated rings. The number of ether oxygens (including phenoxy) is 2. The van der Waals surface area contributed by atoms with Crippen molar-refractivity contribution in [2.24, 2.45) is 5.92 Å². The predicted molar refractivity (Wildman–Crippen MR) is 99.4 cm³/mol. The van der Waals surface area contributed by atoms with E-state index >= 15 is 0 Å². The first-order valence-corrected chi connectivity index (χ1v) is 9.47. The Balaban J connectivity index is 1.35. The average molecular weight is 357 g/mol. The van der Waals surface area contributed by atoms with Gasteiger partial charge in [-0.25, -0.2) is 0 Å². The fourth-order valence-corrected chi connectivity index (χ4v) is 3.72. The summed E-state index contributed by atoms with van der Waals surface area (Å²) >= 11 is 0. The number of rotatable bonds is 7. The first-order chi connectivity index (χ1) is 12.7. The van der Waals surface area contributed by atoms with Crippen molar-refractivity contribution in [1.29, 1.82) is 0 Å². The van der Waals surface area contributed by atoms with Crippen molar-refractivity contribution in [2.45, 2.75) is 37.4 Å². The number of carbonyl (C=O) groups is 1. The summed E-state index contributed by atoms with van der Waals surface area (Å²) in [6.07, 6.45) is 5.32. The van der Waals surface area contributed by atoms with Crippen LogP contribution in [0.25, 0.3) is 0 Å². The lowest BCUT2D eigenvalue weighted by molar-refractivity contribution is -0.119. The molecule has 6 heteroatoms. The molecule has 6 nitrogen and oxygen atoms in total. The Hall–Kier alpha value is -2.05. The van der Waals surface area contributed by atoms with Crippen LogP contribution < -0.4 is 25.4 Å². The molecule has 1 saturated carbocycles. The number of fused-ring (bicyclic) bond motifs is 2. The highest BCUT2D eigenvalue weighted by Crippen LogP contribution is 2.33. The Bertz CT molecular complexity index is 669. The molecule has 3 unspecified atom stereocenters. The summed E-state index contributed by atoms with van der Waals surface area (Å²) in [5, 5.41) is 10.2. The zero-order valence-electron chi connectivity index (χ0n) is 15.2. The zero-order valence-corrected chi connectivity index (χ0v) is 15.2. The highest BCUT2D eigenvalue weighted by molar-refractivity contribution is 5.95. The van der Waals surface area contributed by atoms with Gasteiger partial charge in [0.05, 0.1) is 19.2 Å². The molecule has 1 aromatic carbocycles. The van der Waals surface area contributed by atoms with E-state index in [2.05, 4.69) is 22.0 Å². The van der Waals surface area contributed by atoms with Crippen molar-refractivity contribution in [3.8, 4) is 11.5 Å². The lowest BCUT2D eigenvalue weighted by Gasteiger charge is -2.36. The second kappa shape index (κ2) is 7.68. The third-order valence-corrected chi connectivity index (χ3v) is 5.43. The van der Waals surface area contributed by atoms with Gasteiger partial charge in [0.25, 0.3) is 0 Å². The van der Waals surface area contributed by atoms with E-state index in [0.29, 0.717) is 18.6 Å². The molecule has 0 spiro atoms. The molecule has 0 radical (unpaired) electrons. The Morgan fingerprint density at radius 2 is 2.00 bits per heavy atom. The van der Waals surface area contributed by atoms with Gasteiger partial charge in [-0.05, 0) is 49.4 Å². The van der Waals surface area contributed by atoms with Crippen LogP contribution in [0, 0.1) is 5.92 Å². The molecule has 1 aliphatic carbocycles. The lowest BCUT2D eigenvalue weighted by Crippen LogP contribution is -2.59. The molecule has 3 N–H and O–H groups in total. The monoisotopic (exact) mass is 357 g/mol. The minimum atomic E-state index is 0.0416. The average Bonchev–Trinajstić information content (AvgIpc) is 3.51. The van der Waals surface area contributed by atoms with Gasteiger partial charge in [0.2, 0.25) is 5.91 Å². The van der Waals surface area contributed by atoms with Crippen LogP contribution in [0.5, 0.6) is 11.5 Å². The number of piperazine rings is 1. The summed E-state index contributed by atoms with van der Waals surface area (Å²) in [7, 11) is 1.65. The minimum Gasteiger partial charge on any atom is -0.497 e. The fraction of sp³-hybridized carbons (Fsp3) is 0.550. The highest BCUT2D eigenvalue weighted by Gasteiger charge is 2.36. The molecule has 140 valence electrons. The first-order valence-electron chi connectivity index (χ1n) is 9.47. The van der Waals surface area contributed by atoms with Crippen LogP contribution in [-0.4, -0.2) is 50.8 Å². The molecule has 1 aromatic rings. The number of carbonyl (C=O) groups excluding carboxylic acids is 1. The number of hydrogen-bond acceptors (Lipinski definition) is 5. The molecule has 4 rings (SSSR count). The van der Waals surface area contributed by atoms with Gasteiger partial charge in [0.15, 0.2) is 0 Å². The number of benzene rings is 1. The van der Waals surface area contributed by atoms with E-state index in [9.17, 15) is 4.79 Å². The van der Waals surface area contributed by atoms with Crippen molar-refractivity contribution < 1.29 is 14.3 Å². The second-order valence-corrected chi connectivity index (χ2v) is 7.37. The maximum Gasteiger partial charge on any atom is 0.248 e. The van der Waals surface area contributed by atoms with E-state index in [-0.39, 0.29) is 18.0 Å². The van der Waals surface area contributed by atoms with Crippen molar-refractivity contribution in [1.82, 2.24) is 16.0 Å². The van der Waals surface area contributed by atoms with Gasteiger partial charge in [-0.1, -0.05) is 6.08 Å². The van der Waals surface area contributed by atoms with E-state index in [4.69, 9.17) is 9.47 Å². The van der Waals surface area contributed by atoms with Gasteiger partial charge in [0.1, 0.15) is 18.1 Å². The summed E-state index contributed by atoms with van der Waals surface area (Å²) in [6, 6.07) is 8.17. The van der Waals surface area contributed by atoms with Gasteiger partial charge in [-0.2, -0.15) is 0 Å². The van der Waals surface area contributed by atoms with Crippen LogP contribution in [-0.2, 0) is 4.79 Å². The van der Waals surface area contributed by atoms with E-state index in [1.54, 1.807) is 7.11 Å². The van der Waals surface area contributed by atoms with Crippen LogP contribution in [0.1, 0.15) is 19.3 Å². The van der Waals surface area contributed by atoms with Crippen molar-refractivity contribution >= 4 is 5.91 Å². The van der Waals surface area contributed by atoms with Crippen LogP contribution in [0.2, 0.25) is 0 Å². The molecule has 0 aromatic heterocycles. The third-order valence-electron chi connectivity index (χ3n) is 5.43. The summed E-state index contributed by atoms with van der Waals surface area (Å²) in [5.41, 5.74) is 0.864. The summed E-state index contributed by atoms with van der Waals surface area (Å²) in [5.74, 6) is 2.16. The Kier molecular flexibility index (Phi) is 5.13. The van der Waals surface area contributed by atoms with Crippen molar-refractivity contribution in [3.05, 3.63) is 35.9 Å². The number of nitrogens with one attached hydrogen (secondary N) is 3. The normalized spacial score (nSPS) is 25.8. The lowest BCUT2D eigenvalue weighted by atomic mass is 9.93. The second-order valence-electron chi connectivity index (χ2n) is 7.37. The van der Waals surface area contributed by atoms with E-state index in [0.717, 1.165) is 49.4 Å². The molecule has 2 aliphatic heterocycles. The van der Waals surface area contributed by atoms with Gasteiger partial charge < -0.3 is 25.4 Å². The van der Waals surface area contributed by atoms with Gasteiger partial charge in [-0.15, -0.1) is 0 Å². The van der Waals surface area contributed by atoms with Crippen molar-refractivity contribution in [2.75, 3.05) is 26.8 Å². The number of amides is 1. The van der Waals surface area contributed by atoms with Crippen LogP contribution in [0.4, 0.5) is 0 Å². The Morgan fingerprint density at radius 1 is 1.23 bits per heavy atom. The fourth-order valence-electron chi connectivity index (χ4n) is 3.72. The summed E-state index contributed by atoms with van der Waals surface area (Å²) < 4.78 is 11.1. The number of methoxy groups -OCH3 is 1. The molecule has 26 heavy (non-hydrogen) atoms. The zero-order chi connectivity index (χ0) is 17.9. The Morgan fingerprint density at radius 3 is 2.73 bits per heavy atom. The molecule has 3 aliphatic rings. The van der Waals surface area contributed by atoms with Crippen molar-refractivity contribution in [3.63, 3.8) is 0 Å². The molecule has 2 bridgehead atoms. The van der Waals surface area contributed by atoms with E-state index in [1.165, 1.54) is 0 Å². The molecule has 2 heterocycles. The molecule has 1 saturated heterocycles. The topological polar surface area (TPSA) is 71.6 Å². The highest BCUT2D eigenvalue weighted by atomic mass is 16.5. The maximum atomic E-state index is 12.8. The molecule has 1 amide bonds. The predicted octanol–water partition coefficient (Wildman–Crippen LogP) is 1.23. The quantitative estimate of drug-likeness (QED) is 0.685. The molecular weight excluding hydrogens is 330 g/mol. The summed E-state index contributed by atoms with van der Waals surface area (Å²) in [4.78, 5) is 12.8. The van der Waals surface area contributed by atoms with E-state index in [1.807, 2.05) is 24.3 Å². The smallest absolute Gasteiger partial charge is 0.248 e. The van der Waals surface area contributed by atoms with Gasteiger partial charge >= 0.3 is 0 Å². The summed E-state index contributed by atoms with van der Waals surface area (Å²) in [6.45, 7) is 2.28. The van der Waals surface area contributed by atoms with Crippen LogP contribution >= 0.6 is 0 Å². The van der Waals surface area contributed by atoms with Crippen LogP contribution in [0.15, 0.2) is 35.9 Å². The molecule has 3 atom stereocenters. The van der Waals surface area contributed by atoms with Gasteiger partial charge in [-0.3, -0.25) is 4.79 Å². The SMILES string of the molecule is COc1ccc(OCC(NC(=O)C2=CCC3CNCC2N3)C2CC2)cc1. The van der Waals surface area contributed by atoms with Crippen LogP contribution in [0.3, 0.4) is 0 Å².